The molecular weight excluding hydrogens is 331 g/mol. The summed E-state index contributed by atoms with van der Waals surface area (Å²) < 4.78 is 15.3. The van der Waals surface area contributed by atoms with E-state index in [4.69, 9.17) is 0 Å². The van der Waals surface area contributed by atoms with E-state index in [1.807, 2.05) is 13.1 Å². The first-order valence-electron chi connectivity index (χ1n) is 7.70. The van der Waals surface area contributed by atoms with Gasteiger partial charge in [-0.2, -0.15) is 0 Å². The average Bonchev–Trinajstić information content (AvgIpc) is 2.43. The Labute approximate surface area is 136 Å². The third kappa shape index (κ3) is 3.33. The summed E-state index contributed by atoms with van der Waals surface area (Å²) in [7, 11) is 6.19. The number of rotatable bonds is 4. The van der Waals surface area contributed by atoms with Gasteiger partial charge < -0.3 is 10.2 Å². The minimum Gasteiger partial charge on any atom is -0.311 e. The predicted octanol–water partition coefficient (Wildman–Crippen LogP) is 4.36. The summed E-state index contributed by atoms with van der Waals surface area (Å²) in [6.45, 7) is 2.31. The molecule has 0 aromatic heterocycles. The Balaban J connectivity index is 2.47. The molecule has 2 rings (SSSR count). The maximum Gasteiger partial charge on any atom is 0.128 e. The number of likely N-dealkylation sites (N-methyl/N-ethyl adjacent to an activating group) is 2. The van der Waals surface area contributed by atoms with Crippen molar-refractivity contribution in [2.75, 3.05) is 21.1 Å². The second-order valence-corrected chi connectivity index (χ2v) is 7.50. The second-order valence-electron chi connectivity index (χ2n) is 6.59. The van der Waals surface area contributed by atoms with E-state index in [1.54, 1.807) is 12.1 Å². The second kappa shape index (κ2) is 6.76. The Morgan fingerprint density at radius 3 is 2.71 bits per heavy atom. The number of hydrogen-bond donors (Lipinski definition) is 1. The molecule has 0 amide bonds. The van der Waals surface area contributed by atoms with Crippen molar-refractivity contribution in [1.82, 2.24) is 10.2 Å². The molecule has 1 saturated carbocycles. The summed E-state index contributed by atoms with van der Waals surface area (Å²) in [6.07, 6.45) is 4.67. The molecule has 1 aliphatic rings. The Morgan fingerprint density at radius 1 is 1.43 bits per heavy atom. The lowest BCUT2D eigenvalue weighted by atomic mass is 9.69. The fourth-order valence-electron chi connectivity index (χ4n) is 3.94. The van der Waals surface area contributed by atoms with Gasteiger partial charge in [0.15, 0.2) is 0 Å². The lowest BCUT2D eigenvalue weighted by molar-refractivity contribution is 0.0381. The van der Waals surface area contributed by atoms with Gasteiger partial charge in [0.25, 0.3) is 0 Å². The van der Waals surface area contributed by atoms with Crippen LogP contribution < -0.4 is 5.32 Å². The largest absolute Gasteiger partial charge is 0.311 e. The molecule has 2 nitrogen and oxygen atoms in total. The number of nitrogens with one attached hydrogen (secondary N) is 1. The third-order valence-corrected chi connectivity index (χ3v) is 5.49. The van der Waals surface area contributed by atoms with Gasteiger partial charge >= 0.3 is 0 Å². The molecule has 0 bridgehead atoms. The molecule has 0 heterocycles. The lowest BCUT2D eigenvalue weighted by Gasteiger charge is -2.50. The van der Waals surface area contributed by atoms with Crippen LogP contribution in [0.2, 0.25) is 0 Å². The molecule has 21 heavy (non-hydrogen) atoms. The summed E-state index contributed by atoms with van der Waals surface area (Å²) >= 11 is 3.48. The number of nitrogens with zero attached hydrogens (tertiary/aromatic N) is 1. The van der Waals surface area contributed by atoms with Gasteiger partial charge in [-0.05, 0) is 58.1 Å². The van der Waals surface area contributed by atoms with Crippen molar-refractivity contribution in [3.8, 4) is 0 Å². The predicted molar refractivity (Wildman–Crippen MR) is 90.0 cm³/mol. The van der Waals surface area contributed by atoms with E-state index >= 15 is 0 Å². The van der Waals surface area contributed by atoms with Crippen LogP contribution in [0.4, 0.5) is 4.39 Å². The van der Waals surface area contributed by atoms with E-state index in [0.29, 0.717) is 5.92 Å². The van der Waals surface area contributed by atoms with Crippen LogP contribution in [-0.2, 0) is 0 Å². The molecule has 0 aliphatic heterocycles. The van der Waals surface area contributed by atoms with Gasteiger partial charge in [-0.1, -0.05) is 35.7 Å². The van der Waals surface area contributed by atoms with Crippen LogP contribution in [0.5, 0.6) is 0 Å². The maximum atomic E-state index is 14.4. The molecule has 118 valence electrons. The topological polar surface area (TPSA) is 15.3 Å². The normalized spacial score (nSPS) is 27.9. The van der Waals surface area contributed by atoms with Gasteiger partial charge in [0.1, 0.15) is 5.82 Å². The zero-order chi connectivity index (χ0) is 15.6. The summed E-state index contributed by atoms with van der Waals surface area (Å²) in [5.41, 5.74) is 0.725. The molecule has 1 aliphatic carbocycles. The Morgan fingerprint density at radius 2 is 2.14 bits per heavy atom. The highest BCUT2D eigenvalue weighted by Crippen LogP contribution is 2.44. The van der Waals surface area contributed by atoms with Crippen molar-refractivity contribution in [1.29, 1.82) is 0 Å². The van der Waals surface area contributed by atoms with Gasteiger partial charge in [0.2, 0.25) is 0 Å². The molecule has 0 spiro atoms. The first-order valence-corrected chi connectivity index (χ1v) is 8.49. The molecular formula is C17H26BrFN2. The van der Waals surface area contributed by atoms with Gasteiger partial charge in [-0.15, -0.1) is 0 Å². The summed E-state index contributed by atoms with van der Waals surface area (Å²) in [6, 6.07) is 5.23. The van der Waals surface area contributed by atoms with E-state index in [2.05, 4.69) is 47.2 Å². The first-order chi connectivity index (χ1) is 9.90. The van der Waals surface area contributed by atoms with Crippen molar-refractivity contribution in [3.63, 3.8) is 0 Å². The van der Waals surface area contributed by atoms with E-state index in [9.17, 15) is 4.39 Å². The van der Waals surface area contributed by atoms with Gasteiger partial charge in [0.05, 0.1) is 6.04 Å². The van der Waals surface area contributed by atoms with Crippen molar-refractivity contribution in [3.05, 3.63) is 34.1 Å². The van der Waals surface area contributed by atoms with Crippen LogP contribution in [0, 0.1) is 11.7 Å². The quantitative estimate of drug-likeness (QED) is 0.861. The number of halogens is 2. The van der Waals surface area contributed by atoms with Gasteiger partial charge in [0, 0.05) is 15.6 Å². The zero-order valence-corrected chi connectivity index (χ0v) is 15.0. The molecule has 3 unspecified atom stereocenters. The van der Waals surface area contributed by atoms with E-state index in [1.165, 1.54) is 12.8 Å². The molecule has 1 aromatic carbocycles. The fourth-order valence-corrected chi connectivity index (χ4v) is 4.32. The Bertz CT molecular complexity index is 492. The van der Waals surface area contributed by atoms with Crippen LogP contribution >= 0.6 is 15.9 Å². The van der Waals surface area contributed by atoms with Gasteiger partial charge in [-0.25, -0.2) is 4.39 Å². The standard InChI is InChI=1S/C17H26BrFN2/c1-12-6-5-9-17(11-12,21(3)4)16(20-2)14-10-13(18)7-8-15(14)19/h7-8,10,12,16,20H,5-6,9,11H2,1-4H3. The van der Waals surface area contributed by atoms with Crippen molar-refractivity contribution < 1.29 is 4.39 Å². The molecule has 1 N–H and O–H groups in total. The Kier molecular flexibility index (Phi) is 5.44. The van der Waals surface area contributed by atoms with E-state index < -0.39 is 0 Å². The third-order valence-electron chi connectivity index (χ3n) is 4.99. The summed E-state index contributed by atoms with van der Waals surface area (Å²) in [5.74, 6) is 0.546. The summed E-state index contributed by atoms with van der Waals surface area (Å²) in [4.78, 5) is 2.30. The van der Waals surface area contributed by atoms with Crippen LogP contribution in [-0.4, -0.2) is 31.6 Å². The number of benzene rings is 1. The zero-order valence-electron chi connectivity index (χ0n) is 13.4. The van der Waals surface area contributed by atoms with Crippen LogP contribution in [0.1, 0.15) is 44.2 Å². The smallest absolute Gasteiger partial charge is 0.128 e. The minimum absolute atomic E-state index is 0.00671. The van der Waals surface area contributed by atoms with Crippen molar-refractivity contribution in [2.24, 2.45) is 5.92 Å². The highest BCUT2D eigenvalue weighted by Gasteiger charge is 2.44. The molecule has 3 atom stereocenters. The number of hydrogen-bond acceptors (Lipinski definition) is 2. The highest BCUT2D eigenvalue weighted by molar-refractivity contribution is 9.10. The molecule has 1 aromatic rings. The average molecular weight is 357 g/mol. The van der Waals surface area contributed by atoms with Crippen LogP contribution in [0.25, 0.3) is 0 Å². The van der Waals surface area contributed by atoms with Crippen LogP contribution in [0.15, 0.2) is 22.7 Å². The Hall–Kier alpha value is -0.450. The molecule has 0 radical (unpaired) electrons. The molecule has 1 fully saturated rings. The lowest BCUT2D eigenvalue weighted by Crippen LogP contribution is -2.55. The molecule has 0 saturated heterocycles. The van der Waals surface area contributed by atoms with E-state index in [-0.39, 0.29) is 17.4 Å². The molecule has 4 heteroatoms. The van der Waals surface area contributed by atoms with Crippen molar-refractivity contribution >= 4 is 15.9 Å². The maximum absolute atomic E-state index is 14.4. The monoisotopic (exact) mass is 356 g/mol. The minimum atomic E-state index is -0.128. The van der Waals surface area contributed by atoms with Crippen LogP contribution in [0.3, 0.4) is 0 Å². The first kappa shape index (κ1) is 16.9. The highest BCUT2D eigenvalue weighted by atomic mass is 79.9. The fraction of sp³-hybridized carbons (Fsp3) is 0.647. The van der Waals surface area contributed by atoms with Crippen molar-refractivity contribution in [2.45, 2.75) is 44.2 Å². The van der Waals surface area contributed by atoms with E-state index in [0.717, 1.165) is 22.9 Å². The van der Waals surface area contributed by atoms with Gasteiger partial charge in [-0.3, -0.25) is 0 Å². The SMILES string of the molecule is CNC(c1cc(Br)ccc1F)C1(N(C)C)CCCC(C)C1. The summed E-state index contributed by atoms with van der Waals surface area (Å²) in [5, 5.41) is 3.40.